The Balaban J connectivity index is 0.000000982. The van der Waals surface area contributed by atoms with Crippen LogP contribution in [-0.4, -0.2) is 47.9 Å². The van der Waals surface area contributed by atoms with Crippen molar-refractivity contribution >= 4 is 15.5 Å². The molecule has 0 unspecified atom stereocenters. The summed E-state index contributed by atoms with van der Waals surface area (Å²) in [6.07, 6.45) is 1.35. The molecule has 1 heterocycles. The molecule has 1 aliphatic heterocycles. The van der Waals surface area contributed by atoms with E-state index in [1.807, 2.05) is 0 Å². The fourth-order valence-electron chi connectivity index (χ4n) is 1.71. The Kier molecular flexibility index (Phi) is 8.28. The van der Waals surface area contributed by atoms with E-state index in [1.165, 1.54) is 6.82 Å². The standard InChI is InChI=1S/C12H26NO2Si.CH3BO/c1-12(2,3)16(5,6)15-11-7-10(9-14-4)13-8-11;1-2-3/h10-11H,7-9H2,1-6H3;1H3/q-1;/t10-,11-;/m0./s1. The Morgan fingerprint density at radius 2 is 1.89 bits per heavy atom. The summed E-state index contributed by atoms with van der Waals surface area (Å²) in [5.74, 6) is 0. The van der Waals surface area contributed by atoms with Crippen molar-refractivity contribution in [1.82, 2.24) is 0 Å². The molecular formula is C13H29BNO3Si-. The van der Waals surface area contributed by atoms with Gasteiger partial charge >= 0.3 is 18.7 Å². The van der Waals surface area contributed by atoms with Crippen molar-refractivity contribution in [3.63, 3.8) is 0 Å². The summed E-state index contributed by atoms with van der Waals surface area (Å²) >= 11 is 0. The van der Waals surface area contributed by atoms with Crippen molar-refractivity contribution < 1.29 is 13.9 Å². The second-order valence-corrected chi connectivity index (χ2v) is 11.2. The van der Waals surface area contributed by atoms with Gasteiger partial charge in [0.1, 0.15) is 0 Å². The molecule has 6 heteroatoms. The predicted molar refractivity (Wildman–Crippen MR) is 82.9 cm³/mol. The SMILES string of the molecule is CB=O.COC[C@@H]1C[C@H](O[Si](C)(C)C(C)(C)C)C[N-]1. The van der Waals surface area contributed by atoms with Crippen LogP contribution in [0.25, 0.3) is 5.32 Å². The van der Waals surface area contributed by atoms with Gasteiger partial charge in [0.2, 0.25) is 0 Å². The zero-order chi connectivity index (χ0) is 15.1. The first-order chi connectivity index (χ1) is 8.67. The summed E-state index contributed by atoms with van der Waals surface area (Å²) in [6.45, 7) is 14.5. The Bertz CT molecular complexity index is 269. The first-order valence-corrected chi connectivity index (χ1v) is 9.82. The largest absolute Gasteiger partial charge is 0.656 e. The van der Waals surface area contributed by atoms with Crippen LogP contribution < -0.4 is 0 Å². The molecule has 19 heavy (non-hydrogen) atoms. The van der Waals surface area contributed by atoms with Gasteiger partial charge in [-0.2, -0.15) is 0 Å². The Hall–Kier alpha value is -0.0382. The van der Waals surface area contributed by atoms with Crippen molar-refractivity contribution in [3.8, 4) is 0 Å². The summed E-state index contributed by atoms with van der Waals surface area (Å²) in [4.78, 5) is 0. The average molecular weight is 286 g/mol. The Morgan fingerprint density at radius 1 is 1.37 bits per heavy atom. The van der Waals surface area contributed by atoms with Crippen LogP contribution in [0.5, 0.6) is 0 Å². The second kappa shape index (κ2) is 8.29. The summed E-state index contributed by atoms with van der Waals surface area (Å²) in [5, 5.41) is 4.83. The van der Waals surface area contributed by atoms with Gasteiger partial charge in [0, 0.05) is 19.8 Å². The van der Waals surface area contributed by atoms with Crippen LogP contribution in [0.15, 0.2) is 0 Å². The predicted octanol–water partition coefficient (Wildman–Crippen LogP) is 3.25. The molecule has 0 N–H and O–H groups in total. The van der Waals surface area contributed by atoms with E-state index in [0.717, 1.165) is 26.7 Å². The molecule has 0 bridgehead atoms. The van der Waals surface area contributed by atoms with E-state index in [2.05, 4.69) is 39.2 Å². The first-order valence-electron chi connectivity index (χ1n) is 6.91. The fraction of sp³-hybridized carbons (Fsp3) is 1.00. The summed E-state index contributed by atoms with van der Waals surface area (Å²) in [7, 11) is 0.860. The third-order valence-corrected chi connectivity index (χ3v) is 8.26. The molecule has 0 aromatic heterocycles. The van der Waals surface area contributed by atoms with Crippen molar-refractivity contribution in [2.75, 3.05) is 20.3 Å². The molecule has 4 nitrogen and oxygen atoms in total. The van der Waals surface area contributed by atoms with Gasteiger partial charge in [-0.05, 0) is 24.6 Å². The van der Waals surface area contributed by atoms with Crippen molar-refractivity contribution in [2.24, 2.45) is 0 Å². The molecule has 112 valence electrons. The van der Waals surface area contributed by atoms with Crippen LogP contribution in [0.1, 0.15) is 27.2 Å². The molecule has 0 aromatic carbocycles. The van der Waals surface area contributed by atoms with E-state index < -0.39 is 8.32 Å². The maximum atomic E-state index is 8.81. The molecule has 1 saturated heterocycles. The molecule has 2 atom stereocenters. The minimum absolute atomic E-state index is 0.284. The quantitative estimate of drug-likeness (QED) is 0.745. The van der Waals surface area contributed by atoms with Gasteiger partial charge in [0.25, 0.3) is 0 Å². The van der Waals surface area contributed by atoms with Gasteiger partial charge in [0.05, 0.1) is 0 Å². The van der Waals surface area contributed by atoms with Crippen LogP contribution >= 0.6 is 0 Å². The van der Waals surface area contributed by atoms with Gasteiger partial charge in [0.15, 0.2) is 8.32 Å². The van der Waals surface area contributed by atoms with E-state index in [9.17, 15) is 0 Å². The monoisotopic (exact) mass is 286 g/mol. The van der Waals surface area contributed by atoms with Crippen molar-refractivity contribution in [3.05, 3.63) is 5.32 Å². The zero-order valence-corrected chi connectivity index (χ0v) is 14.5. The van der Waals surface area contributed by atoms with Gasteiger partial charge in [-0.15, -0.1) is 12.6 Å². The van der Waals surface area contributed by atoms with E-state index >= 15 is 0 Å². The zero-order valence-electron chi connectivity index (χ0n) is 13.5. The minimum Gasteiger partial charge on any atom is -0.656 e. The molecule has 1 rings (SSSR count). The topological polar surface area (TPSA) is 49.6 Å². The van der Waals surface area contributed by atoms with Gasteiger partial charge in [-0.1, -0.05) is 20.8 Å². The molecular weight excluding hydrogens is 257 g/mol. The van der Waals surface area contributed by atoms with Crippen LogP contribution in [0.4, 0.5) is 0 Å². The van der Waals surface area contributed by atoms with Crippen molar-refractivity contribution in [1.29, 1.82) is 0 Å². The van der Waals surface area contributed by atoms with E-state index in [4.69, 9.17) is 13.9 Å². The number of hydrogen-bond donors (Lipinski definition) is 0. The van der Waals surface area contributed by atoms with Crippen LogP contribution in [0.3, 0.4) is 0 Å². The molecule has 0 saturated carbocycles. The number of ether oxygens (including phenoxy) is 1. The van der Waals surface area contributed by atoms with Gasteiger partial charge in [-0.3, -0.25) is 0 Å². The number of hydrogen-bond acceptors (Lipinski definition) is 3. The smallest absolute Gasteiger partial charge is 0.192 e. The third-order valence-electron chi connectivity index (χ3n) is 3.73. The average Bonchev–Trinajstić information content (AvgIpc) is 2.64. The number of nitrogens with zero attached hydrogens (tertiary/aromatic N) is 1. The third kappa shape index (κ3) is 6.79. The van der Waals surface area contributed by atoms with Crippen LogP contribution in [0, 0.1) is 0 Å². The molecule has 0 radical (unpaired) electrons. The maximum Gasteiger partial charge on any atom is 0.192 e. The van der Waals surface area contributed by atoms with Crippen molar-refractivity contribution in [2.45, 2.75) is 64.3 Å². The molecule has 0 spiro atoms. The Morgan fingerprint density at radius 3 is 2.32 bits per heavy atom. The maximum absolute atomic E-state index is 8.81. The van der Waals surface area contributed by atoms with E-state index in [0.29, 0.717) is 12.1 Å². The second-order valence-electron chi connectivity index (χ2n) is 6.45. The summed E-state index contributed by atoms with van der Waals surface area (Å²) < 4.78 is 20.3. The summed E-state index contributed by atoms with van der Waals surface area (Å²) in [6, 6.07) is 0.347. The molecule has 1 aliphatic rings. The van der Waals surface area contributed by atoms with Crippen LogP contribution in [0.2, 0.25) is 25.0 Å². The van der Waals surface area contributed by atoms with Crippen LogP contribution in [-0.2, 0) is 13.9 Å². The molecule has 1 fully saturated rings. The summed E-state index contributed by atoms with van der Waals surface area (Å²) in [5.41, 5.74) is 0. The molecule has 0 aromatic rings. The van der Waals surface area contributed by atoms with E-state index in [1.54, 1.807) is 7.11 Å². The number of rotatable bonds is 4. The fourth-order valence-corrected chi connectivity index (χ4v) is 3.07. The number of methoxy groups -OCH3 is 1. The van der Waals surface area contributed by atoms with Gasteiger partial charge < -0.3 is 14.5 Å². The Labute approximate surface area is 120 Å². The van der Waals surface area contributed by atoms with Gasteiger partial charge in [-0.25, -0.2) is 0 Å². The van der Waals surface area contributed by atoms with E-state index in [-0.39, 0.29) is 5.04 Å². The molecule has 0 amide bonds. The first kappa shape index (κ1) is 19.0. The minimum atomic E-state index is -1.62. The molecule has 0 aliphatic carbocycles. The normalized spacial score (nSPS) is 23.5.